The van der Waals surface area contributed by atoms with Gasteiger partial charge >= 0.3 is 6.03 Å². The van der Waals surface area contributed by atoms with Crippen LogP contribution in [-0.2, 0) is 4.79 Å². The van der Waals surface area contributed by atoms with Crippen LogP contribution in [0.15, 0.2) is 4.99 Å². The maximum absolute atomic E-state index is 12.0. The quantitative estimate of drug-likeness (QED) is 0.672. The monoisotopic (exact) mass is 279 g/mol. The Labute approximate surface area is 118 Å². The molecule has 3 amide bonds. The minimum atomic E-state index is -0.412. The van der Waals surface area contributed by atoms with Crippen molar-refractivity contribution in [1.29, 1.82) is 0 Å². The second-order valence-corrected chi connectivity index (χ2v) is 6.00. The number of imide groups is 1. The van der Waals surface area contributed by atoms with Crippen molar-refractivity contribution in [3.63, 3.8) is 0 Å². The highest BCUT2D eigenvalue weighted by molar-refractivity contribution is 6.03. The zero-order valence-electron chi connectivity index (χ0n) is 12.2. The molecule has 0 saturated carbocycles. The van der Waals surface area contributed by atoms with Crippen molar-refractivity contribution in [2.75, 3.05) is 27.2 Å². The molecule has 3 rings (SSSR count). The van der Waals surface area contributed by atoms with Crippen molar-refractivity contribution >= 4 is 17.9 Å². The molecule has 0 aliphatic carbocycles. The highest BCUT2D eigenvalue weighted by atomic mass is 16.2. The molecule has 0 aromatic heterocycles. The molecule has 3 aliphatic heterocycles. The third-order valence-electron chi connectivity index (χ3n) is 4.42. The predicted octanol–water partition coefficient (Wildman–Crippen LogP) is -0.104. The fourth-order valence-corrected chi connectivity index (χ4v) is 3.28. The summed E-state index contributed by atoms with van der Waals surface area (Å²) >= 11 is 0. The number of carbonyl (C=O) groups is 2. The lowest BCUT2D eigenvalue weighted by Gasteiger charge is -2.37. The standard InChI is InChI=1S/C13H21N5O2/c1-8-5-4-6-18(7-8)12-14-10-9(16(12)2)11(19)15-13(20)17(10)3/h8-10H,4-7H2,1-3H3,(H,15,19,20). The van der Waals surface area contributed by atoms with Crippen LogP contribution in [0.5, 0.6) is 0 Å². The summed E-state index contributed by atoms with van der Waals surface area (Å²) in [5.74, 6) is 1.21. The summed E-state index contributed by atoms with van der Waals surface area (Å²) in [7, 11) is 3.56. The summed E-state index contributed by atoms with van der Waals surface area (Å²) < 4.78 is 0. The van der Waals surface area contributed by atoms with E-state index in [0.29, 0.717) is 5.92 Å². The third kappa shape index (κ3) is 1.92. The van der Waals surface area contributed by atoms with Crippen LogP contribution in [0.4, 0.5) is 4.79 Å². The van der Waals surface area contributed by atoms with Gasteiger partial charge in [-0.05, 0) is 18.8 Å². The van der Waals surface area contributed by atoms with Crippen LogP contribution in [0.2, 0.25) is 0 Å². The summed E-state index contributed by atoms with van der Waals surface area (Å²) in [6.45, 7) is 4.16. The molecule has 1 N–H and O–H groups in total. The summed E-state index contributed by atoms with van der Waals surface area (Å²) in [6, 6.07) is -0.786. The first-order valence-corrected chi connectivity index (χ1v) is 7.12. The first-order valence-electron chi connectivity index (χ1n) is 7.12. The second kappa shape index (κ2) is 4.64. The maximum atomic E-state index is 12.0. The van der Waals surface area contributed by atoms with Crippen LogP contribution in [0.1, 0.15) is 19.8 Å². The largest absolute Gasteiger partial charge is 0.342 e. The molecule has 3 aliphatic rings. The highest BCUT2D eigenvalue weighted by Gasteiger charge is 2.48. The topological polar surface area (TPSA) is 68.2 Å². The van der Waals surface area contributed by atoms with Crippen LogP contribution >= 0.6 is 0 Å². The number of aliphatic imine (C=N–C) groups is 1. The van der Waals surface area contributed by atoms with Gasteiger partial charge in [0.2, 0.25) is 0 Å². The number of hydrogen-bond acceptors (Lipinski definition) is 5. The number of nitrogens with zero attached hydrogens (tertiary/aromatic N) is 4. The normalized spacial score (nSPS) is 34.0. The van der Waals surface area contributed by atoms with Gasteiger partial charge in [0, 0.05) is 27.2 Å². The zero-order chi connectivity index (χ0) is 14.4. The minimum Gasteiger partial charge on any atom is -0.342 e. The SMILES string of the molecule is CC1CCCN(C2=NC3C(C(=O)NC(=O)N3C)N2C)C1. The van der Waals surface area contributed by atoms with Crippen LogP contribution < -0.4 is 5.32 Å². The van der Waals surface area contributed by atoms with E-state index in [-0.39, 0.29) is 11.9 Å². The molecular weight excluding hydrogens is 258 g/mol. The van der Waals surface area contributed by atoms with E-state index in [2.05, 4.69) is 22.1 Å². The van der Waals surface area contributed by atoms with E-state index in [1.807, 2.05) is 11.9 Å². The molecular formula is C13H21N5O2. The molecule has 0 spiro atoms. The molecule has 2 saturated heterocycles. The fourth-order valence-electron chi connectivity index (χ4n) is 3.28. The predicted molar refractivity (Wildman–Crippen MR) is 74.0 cm³/mol. The highest BCUT2D eigenvalue weighted by Crippen LogP contribution is 2.26. The number of guanidine groups is 1. The molecule has 0 bridgehead atoms. The Morgan fingerprint density at radius 1 is 1.25 bits per heavy atom. The Kier molecular flexibility index (Phi) is 3.07. The van der Waals surface area contributed by atoms with Gasteiger partial charge in [0.25, 0.3) is 5.91 Å². The van der Waals surface area contributed by atoms with Crippen molar-refractivity contribution in [3.8, 4) is 0 Å². The number of amides is 3. The second-order valence-electron chi connectivity index (χ2n) is 6.00. The van der Waals surface area contributed by atoms with Crippen LogP contribution in [0.3, 0.4) is 0 Å². The van der Waals surface area contributed by atoms with Crippen molar-refractivity contribution < 1.29 is 9.59 Å². The van der Waals surface area contributed by atoms with E-state index in [1.165, 1.54) is 11.3 Å². The summed E-state index contributed by atoms with van der Waals surface area (Å²) in [5.41, 5.74) is 0. The first-order chi connectivity index (χ1) is 9.49. The average Bonchev–Trinajstić information content (AvgIpc) is 2.74. The molecule has 7 nitrogen and oxygen atoms in total. The molecule has 0 radical (unpaired) electrons. The lowest BCUT2D eigenvalue weighted by atomic mass is 10.0. The van der Waals surface area contributed by atoms with E-state index >= 15 is 0 Å². The summed E-state index contributed by atoms with van der Waals surface area (Å²) in [6.07, 6.45) is 1.97. The number of carbonyl (C=O) groups excluding carboxylic acids is 2. The third-order valence-corrected chi connectivity index (χ3v) is 4.42. The number of fused-ring (bicyclic) bond motifs is 1. The maximum Gasteiger partial charge on any atom is 0.325 e. The molecule has 3 unspecified atom stereocenters. The van der Waals surface area contributed by atoms with E-state index in [1.54, 1.807) is 7.05 Å². The van der Waals surface area contributed by atoms with E-state index in [9.17, 15) is 9.59 Å². The Morgan fingerprint density at radius 2 is 2.00 bits per heavy atom. The van der Waals surface area contributed by atoms with Gasteiger partial charge in [0.1, 0.15) is 0 Å². The summed E-state index contributed by atoms with van der Waals surface area (Å²) in [4.78, 5) is 34.0. The zero-order valence-corrected chi connectivity index (χ0v) is 12.2. The van der Waals surface area contributed by atoms with Gasteiger partial charge < -0.3 is 14.7 Å². The number of urea groups is 1. The van der Waals surface area contributed by atoms with Crippen molar-refractivity contribution in [3.05, 3.63) is 0 Å². The Morgan fingerprint density at radius 3 is 2.70 bits per heavy atom. The molecule has 3 heterocycles. The molecule has 110 valence electrons. The van der Waals surface area contributed by atoms with Gasteiger partial charge in [-0.2, -0.15) is 0 Å². The van der Waals surface area contributed by atoms with Crippen LogP contribution in [-0.4, -0.2) is 72.0 Å². The van der Waals surface area contributed by atoms with Gasteiger partial charge in [0.05, 0.1) is 0 Å². The molecule has 20 heavy (non-hydrogen) atoms. The Hall–Kier alpha value is -1.79. The van der Waals surface area contributed by atoms with Gasteiger partial charge in [0.15, 0.2) is 18.2 Å². The fraction of sp³-hybridized carbons (Fsp3) is 0.769. The van der Waals surface area contributed by atoms with Gasteiger partial charge in [-0.3, -0.25) is 10.1 Å². The average molecular weight is 279 g/mol. The van der Waals surface area contributed by atoms with Gasteiger partial charge in [-0.25, -0.2) is 9.79 Å². The van der Waals surface area contributed by atoms with Crippen molar-refractivity contribution in [2.45, 2.75) is 32.0 Å². The van der Waals surface area contributed by atoms with Crippen LogP contribution in [0, 0.1) is 5.92 Å². The number of hydrogen-bond donors (Lipinski definition) is 1. The van der Waals surface area contributed by atoms with Gasteiger partial charge in [-0.1, -0.05) is 6.92 Å². The van der Waals surface area contributed by atoms with E-state index < -0.39 is 12.2 Å². The van der Waals surface area contributed by atoms with E-state index in [0.717, 1.165) is 25.5 Å². The first kappa shape index (κ1) is 13.2. The Bertz CT molecular complexity index is 477. The van der Waals surface area contributed by atoms with Crippen molar-refractivity contribution in [2.24, 2.45) is 10.9 Å². The minimum absolute atomic E-state index is 0.260. The number of likely N-dealkylation sites (tertiary alicyclic amines) is 1. The summed E-state index contributed by atoms with van der Waals surface area (Å²) in [5, 5.41) is 2.38. The number of likely N-dealkylation sites (N-methyl/N-ethyl adjacent to an activating group) is 2. The van der Waals surface area contributed by atoms with Crippen molar-refractivity contribution in [1.82, 2.24) is 20.0 Å². The molecule has 0 aromatic carbocycles. The Balaban J connectivity index is 1.86. The molecule has 2 fully saturated rings. The van der Waals surface area contributed by atoms with Crippen LogP contribution in [0.25, 0.3) is 0 Å². The lowest BCUT2D eigenvalue weighted by molar-refractivity contribution is -0.126. The van der Waals surface area contributed by atoms with E-state index in [4.69, 9.17) is 0 Å². The molecule has 7 heteroatoms. The smallest absolute Gasteiger partial charge is 0.325 e. The number of rotatable bonds is 0. The number of nitrogens with one attached hydrogen (secondary N) is 1. The molecule has 0 aromatic rings. The molecule has 3 atom stereocenters. The number of piperidine rings is 1. The lowest BCUT2D eigenvalue weighted by Crippen LogP contribution is -2.63. The van der Waals surface area contributed by atoms with Gasteiger partial charge in [-0.15, -0.1) is 0 Å².